The number of benzene rings is 1. The highest BCUT2D eigenvalue weighted by molar-refractivity contribution is 7.89. The Balaban J connectivity index is 1.37. The number of hydrazone groups is 1. The van der Waals surface area contributed by atoms with Crippen LogP contribution in [0, 0.1) is 12.3 Å². The summed E-state index contributed by atoms with van der Waals surface area (Å²) in [5.41, 5.74) is 0.503. The van der Waals surface area contributed by atoms with Crippen LogP contribution in [0.1, 0.15) is 63.4 Å². The second-order valence-corrected chi connectivity index (χ2v) is 10.3. The molecular weight excluding hydrogens is 374 g/mol. The summed E-state index contributed by atoms with van der Waals surface area (Å²) in [4.78, 5) is 13.4. The Morgan fingerprint density at radius 3 is 2.32 bits per heavy atom. The Hall–Kier alpha value is -1.73. The number of nitrogens with zero attached hydrogens (tertiary/aromatic N) is 2. The largest absolute Gasteiger partial charge is 0.272 e. The standard InChI is InChI=1S/C21H29N3O3S/c1-16-7-9-19(10-8-16)28(26,27)23-17-11-13-21(14-12-17)15-22-24(20(21)25)18-5-3-2-4-6-18/h7-10,15,17-18,23H,2-6,11-14H2,1H3/t17-,21-. The lowest BCUT2D eigenvalue weighted by Gasteiger charge is -2.36. The second-order valence-electron chi connectivity index (χ2n) is 8.55. The molecule has 0 aromatic heterocycles. The van der Waals surface area contributed by atoms with Crippen LogP contribution in [0.2, 0.25) is 0 Å². The van der Waals surface area contributed by atoms with E-state index in [0.29, 0.717) is 30.6 Å². The van der Waals surface area contributed by atoms with Gasteiger partial charge in [0.25, 0.3) is 5.91 Å². The van der Waals surface area contributed by atoms with Crippen LogP contribution < -0.4 is 4.72 Å². The molecule has 0 radical (unpaired) electrons. The van der Waals surface area contributed by atoms with Gasteiger partial charge in [0.15, 0.2) is 0 Å². The van der Waals surface area contributed by atoms with E-state index >= 15 is 0 Å². The van der Waals surface area contributed by atoms with E-state index in [0.717, 1.165) is 18.4 Å². The minimum atomic E-state index is -3.53. The molecule has 1 spiro atoms. The van der Waals surface area contributed by atoms with Gasteiger partial charge in [-0.25, -0.2) is 18.1 Å². The maximum atomic E-state index is 13.1. The number of amides is 1. The summed E-state index contributed by atoms with van der Waals surface area (Å²) in [5.74, 6) is 0.124. The quantitative estimate of drug-likeness (QED) is 0.837. The SMILES string of the molecule is Cc1ccc(S(=O)(=O)N[C@H]2CC[C@@]3(C=NN(C4CCCCC4)C3=O)CC2)cc1. The summed E-state index contributed by atoms with van der Waals surface area (Å²) in [7, 11) is -3.53. The molecule has 28 heavy (non-hydrogen) atoms. The van der Waals surface area contributed by atoms with Gasteiger partial charge in [-0.2, -0.15) is 5.10 Å². The molecule has 2 saturated carbocycles. The van der Waals surface area contributed by atoms with E-state index < -0.39 is 15.4 Å². The Morgan fingerprint density at radius 2 is 1.68 bits per heavy atom. The molecule has 0 bridgehead atoms. The number of carbonyl (C=O) groups excluding carboxylic acids is 1. The second kappa shape index (κ2) is 7.59. The lowest BCUT2D eigenvalue weighted by molar-refractivity contribution is -0.140. The molecular formula is C21H29N3O3S. The van der Waals surface area contributed by atoms with Crippen molar-refractivity contribution in [2.75, 3.05) is 0 Å². The molecule has 1 amide bonds. The molecule has 2 fully saturated rings. The molecule has 2 aliphatic carbocycles. The highest BCUT2D eigenvalue weighted by Gasteiger charge is 2.48. The number of aryl methyl sites for hydroxylation is 1. The number of sulfonamides is 1. The Bertz CT molecular complexity index is 849. The smallest absolute Gasteiger partial charge is 0.254 e. The summed E-state index contributed by atoms with van der Waals surface area (Å²) in [6, 6.07) is 6.99. The van der Waals surface area contributed by atoms with Crippen molar-refractivity contribution in [2.45, 2.75) is 81.7 Å². The average molecular weight is 404 g/mol. The molecule has 0 unspecified atom stereocenters. The fourth-order valence-corrected chi connectivity index (χ4v) is 6.00. The lowest BCUT2D eigenvalue weighted by atomic mass is 9.73. The van der Waals surface area contributed by atoms with Crippen molar-refractivity contribution in [3.8, 4) is 0 Å². The Morgan fingerprint density at radius 1 is 1.04 bits per heavy atom. The molecule has 1 aromatic carbocycles. The highest BCUT2D eigenvalue weighted by Crippen LogP contribution is 2.41. The Kier molecular flexibility index (Phi) is 5.31. The monoisotopic (exact) mass is 403 g/mol. The van der Waals surface area contributed by atoms with Crippen molar-refractivity contribution < 1.29 is 13.2 Å². The molecule has 0 saturated heterocycles. The van der Waals surface area contributed by atoms with Crippen LogP contribution in [-0.4, -0.2) is 37.6 Å². The van der Waals surface area contributed by atoms with Crippen LogP contribution in [-0.2, 0) is 14.8 Å². The zero-order valence-corrected chi connectivity index (χ0v) is 17.2. The first-order valence-electron chi connectivity index (χ1n) is 10.4. The highest BCUT2D eigenvalue weighted by atomic mass is 32.2. The van der Waals surface area contributed by atoms with Gasteiger partial charge in [-0.3, -0.25) is 4.79 Å². The molecule has 1 N–H and O–H groups in total. The van der Waals surface area contributed by atoms with Gasteiger partial charge in [-0.15, -0.1) is 0 Å². The van der Waals surface area contributed by atoms with Crippen LogP contribution in [0.4, 0.5) is 0 Å². The normalized spacial score (nSPS) is 29.0. The van der Waals surface area contributed by atoms with E-state index in [1.165, 1.54) is 19.3 Å². The van der Waals surface area contributed by atoms with E-state index in [1.807, 2.05) is 13.1 Å². The fraction of sp³-hybridized carbons (Fsp3) is 0.619. The van der Waals surface area contributed by atoms with E-state index in [4.69, 9.17) is 0 Å². The van der Waals surface area contributed by atoms with Crippen molar-refractivity contribution in [1.82, 2.24) is 9.73 Å². The maximum absolute atomic E-state index is 13.1. The van der Waals surface area contributed by atoms with Crippen molar-refractivity contribution >= 4 is 22.1 Å². The zero-order chi connectivity index (χ0) is 19.8. The van der Waals surface area contributed by atoms with Crippen LogP contribution in [0.25, 0.3) is 0 Å². The topological polar surface area (TPSA) is 78.8 Å². The first-order valence-corrected chi connectivity index (χ1v) is 11.9. The predicted molar refractivity (Wildman–Crippen MR) is 108 cm³/mol. The number of hydrogen-bond acceptors (Lipinski definition) is 4. The van der Waals surface area contributed by atoms with Crippen LogP contribution in [0.5, 0.6) is 0 Å². The van der Waals surface area contributed by atoms with E-state index in [-0.39, 0.29) is 18.0 Å². The van der Waals surface area contributed by atoms with Crippen LogP contribution in [0.15, 0.2) is 34.3 Å². The molecule has 7 heteroatoms. The van der Waals surface area contributed by atoms with Gasteiger partial charge in [-0.05, 0) is 57.6 Å². The van der Waals surface area contributed by atoms with Gasteiger partial charge in [0.1, 0.15) is 0 Å². The third-order valence-electron chi connectivity index (χ3n) is 6.51. The van der Waals surface area contributed by atoms with E-state index in [9.17, 15) is 13.2 Å². The number of rotatable bonds is 4. The zero-order valence-electron chi connectivity index (χ0n) is 16.4. The maximum Gasteiger partial charge on any atom is 0.254 e. The lowest BCUT2D eigenvalue weighted by Crippen LogP contribution is -2.47. The fourth-order valence-electron chi connectivity index (χ4n) is 4.69. The Labute approximate surface area is 167 Å². The third-order valence-corrected chi connectivity index (χ3v) is 8.05. The van der Waals surface area contributed by atoms with Crippen molar-refractivity contribution in [2.24, 2.45) is 10.5 Å². The van der Waals surface area contributed by atoms with Gasteiger partial charge < -0.3 is 0 Å². The van der Waals surface area contributed by atoms with Crippen molar-refractivity contribution in [1.29, 1.82) is 0 Å². The van der Waals surface area contributed by atoms with Gasteiger partial charge in [-0.1, -0.05) is 37.0 Å². The van der Waals surface area contributed by atoms with Gasteiger partial charge >= 0.3 is 0 Å². The third kappa shape index (κ3) is 3.74. The van der Waals surface area contributed by atoms with Gasteiger partial charge in [0.2, 0.25) is 10.0 Å². The molecule has 152 valence electrons. The number of carbonyl (C=O) groups is 1. The van der Waals surface area contributed by atoms with Gasteiger partial charge in [0.05, 0.1) is 16.4 Å². The average Bonchev–Trinajstić information content (AvgIpc) is 3.01. The summed E-state index contributed by atoms with van der Waals surface area (Å²) in [6.45, 7) is 1.93. The summed E-state index contributed by atoms with van der Waals surface area (Å²) < 4.78 is 28.1. The molecule has 4 rings (SSSR count). The first-order chi connectivity index (χ1) is 13.4. The summed E-state index contributed by atoms with van der Waals surface area (Å²) in [5, 5.41) is 6.23. The number of nitrogens with one attached hydrogen (secondary N) is 1. The minimum absolute atomic E-state index is 0.124. The number of hydrogen-bond donors (Lipinski definition) is 1. The first kappa shape index (κ1) is 19.6. The molecule has 3 aliphatic rings. The van der Waals surface area contributed by atoms with Crippen molar-refractivity contribution in [3.05, 3.63) is 29.8 Å². The molecule has 0 atom stereocenters. The molecule has 6 nitrogen and oxygen atoms in total. The van der Waals surface area contributed by atoms with E-state index in [2.05, 4.69) is 9.82 Å². The molecule has 1 aromatic rings. The van der Waals surface area contributed by atoms with Crippen molar-refractivity contribution in [3.63, 3.8) is 0 Å². The van der Waals surface area contributed by atoms with Gasteiger partial charge in [0, 0.05) is 12.3 Å². The predicted octanol–water partition coefficient (Wildman–Crippen LogP) is 3.36. The van der Waals surface area contributed by atoms with Crippen LogP contribution >= 0.6 is 0 Å². The molecule has 1 heterocycles. The molecule has 1 aliphatic heterocycles. The summed E-state index contributed by atoms with van der Waals surface area (Å²) >= 11 is 0. The summed E-state index contributed by atoms with van der Waals surface area (Å²) in [6.07, 6.45) is 10.1. The minimum Gasteiger partial charge on any atom is -0.272 e. The van der Waals surface area contributed by atoms with Crippen LogP contribution in [0.3, 0.4) is 0 Å². The van der Waals surface area contributed by atoms with E-state index in [1.54, 1.807) is 29.3 Å².